The summed E-state index contributed by atoms with van der Waals surface area (Å²) in [7, 11) is 0. The fourth-order valence-corrected chi connectivity index (χ4v) is 1.26. The molecule has 0 aliphatic carbocycles. The van der Waals surface area contributed by atoms with Gasteiger partial charge in [0, 0.05) is 12.2 Å². The van der Waals surface area contributed by atoms with Crippen LogP contribution >= 0.6 is 0 Å². The number of nitrogens with two attached hydrogens (primary N) is 1. The molecular formula is C10H10F4N2O. The van der Waals surface area contributed by atoms with Crippen molar-refractivity contribution in [3.05, 3.63) is 29.3 Å². The molecule has 0 saturated heterocycles. The van der Waals surface area contributed by atoms with E-state index in [0.717, 1.165) is 12.1 Å². The number of alkyl halides is 4. The molecule has 7 heteroatoms. The van der Waals surface area contributed by atoms with E-state index in [-0.39, 0.29) is 17.8 Å². The fraction of sp³-hybridized carbons (Fsp3) is 0.300. The molecule has 0 aromatic heterocycles. The third-order valence-corrected chi connectivity index (χ3v) is 2.02. The Morgan fingerprint density at radius 3 is 2.47 bits per heavy atom. The highest BCUT2D eigenvalue weighted by Crippen LogP contribution is 2.31. The number of benzene rings is 1. The van der Waals surface area contributed by atoms with E-state index in [0.29, 0.717) is 6.07 Å². The molecule has 0 unspecified atom stereocenters. The van der Waals surface area contributed by atoms with Crippen molar-refractivity contribution in [3.63, 3.8) is 0 Å². The Hall–Kier alpha value is -1.79. The summed E-state index contributed by atoms with van der Waals surface area (Å²) in [6, 6.07) is 2.49. The van der Waals surface area contributed by atoms with Gasteiger partial charge in [0.15, 0.2) is 0 Å². The SMILES string of the molecule is NC(=O)c1cc(C(F)(F)F)ccc1NCCF. The highest BCUT2D eigenvalue weighted by molar-refractivity contribution is 5.98. The van der Waals surface area contributed by atoms with E-state index in [1.165, 1.54) is 0 Å². The first-order chi connectivity index (χ1) is 7.86. The number of carbonyl (C=O) groups is 1. The van der Waals surface area contributed by atoms with Gasteiger partial charge in [-0.2, -0.15) is 13.2 Å². The first-order valence-electron chi connectivity index (χ1n) is 4.67. The molecule has 1 aromatic carbocycles. The second-order valence-corrected chi connectivity index (χ2v) is 3.24. The van der Waals surface area contributed by atoms with Gasteiger partial charge in [-0.3, -0.25) is 4.79 Å². The van der Waals surface area contributed by atoms with E-state index in [1.807, 2.05) is 0 Å². The zero-order valence-corrected chi connectivity index (χ0v) is 8.64. The molecule has 0 atom stereocenters. The van der Waals surface area contributed by atoms with E-state index >= 15 is 0 Å². The maximum atomic E-state index is 12.4. The average molecular weight is 250 g/mol. The topological polar surface area (TPSA) is 55.1 Å². The molecule has 0 fully saturated rings. The molecule has 17 heavy (non-hydrogen) atoms. The molecule has 1 rings (SSSR count). The molecule has 0 aliphatic rings. The van der Waals surface area contributed by atoms with Gasteiger partial charge in [-0.15, -0.1) is 0 Å². The van der Waals surface area contributed by atoms with Gasteiger partial charge in [0.2, 0.25) is 0 Å². The number of nitrogens with one attached hydrogen (secondary N) is 1. The molecule has 0 bridgehead atoms. The lowest BCUT2D eigenvalue weighted by Crippen LogP contribution is -2.17. The second-order valence-electron chi connectivity index (χ2n) is 3.24. The van der Waals surface area contributed by atoms with Crippen molar-refractivity contribution in [3.8, 4) is 0 Å². The van der Waals surface area contributed by atoms with Crippen molar-refractivity contribution in [1.82, 2.24) is 0 Å². The van der Waals surface area contributed by atoms with Crippen LogP contribution in [0.25, 0.3) is 0 Å². The van der Waals surface area contributed by atoms with Gasteiger partial charge >= 0.3 is 6.18 Å². The van der Waals surface area contributed by atoms with Crippen LogP contribution in [0.5, 0.6) is 0 Å². The minimum Gasteiger partial charge on any atom is -0.382 e. The highest BCUT2D eigenvalue weighted by atomic mass is 19.4. The number of carbonyl (C=O) groups excluding carboxylic acids is 1. The average Bonchev–Trinajstić information content (AvgIpc) is 2.24. The summed E-state index contributed by atoms with van der Waals surface area (Å²) in [4.78, 5) is 11.0. The lowest BCUT2D eigenvalue weighted by atomic mass is 10.1. The molecule has 0 spiro atoms. The lowest BCUT2D eigenvalue weighted by Gasteiger charge is -2.12. The third kappa shape index (κ3) is 3.33. The fourth-order valence-electron chi connectivity index (χ4n) is 1.26. The number of rotatable bonds is 4. The summed E-state index contributed by atoms with van der Waals surface area (Å²) < 4.78 is 49.1. The van der Waals surface area contributed by atoms with Crippen LogP contribution in [0.4, 0.5) is 23.2 Å². The molecule has 1 aromatic rings. The smallest absolute Gasteiger partial charge is 0.382 e. The van der Waals surface area contributed by atoms with Gasteiger partial charge < -0.3 is 11.1 Å². The summed E-state index contributed by atoms with van der Waals surface area (Å²) in [6.45, 7) is -0.815. The number of primary amides is 1. The van der Waals surface area contributed by atoms with E-state index in [4.69, 9.17) is 5.73 Å². The number of amides is 1. The summed E-state index contributed by atoms with van der Waals surface area (Å²) in [5.74, 6) is -1.00. The van der Waals surface area contributed by atoms with E-state index < -0.39 is 24.3 Å². The second kappa shape index (κ2) is 5.03. The van der Waals surface area contributed by atoms with Gasteiger partial charge in [-0.05, 0) is 18.2 Å². The standard InChI is InChI=1S/C10H10F4N2O/c11-3-4-16-8-2-1-6(10(12,13)14)5-7(8)9(15)17/h1-2,5,16H,3-4H2,(H2,15,17). The largest absolute Gasteiger partial charge is 0.416 e. The van der Waals surface area contributed by atoms with Gasteiger partial charge in [0.1, 0.15) is 6.67 Å². The summed E-state index contributed by atoms with van der Waals surface area (Å²) in [6.07, 6.45) is -4.55. The number of hydrogen-bond donors (Lipinski definition) is 2. The van der Waals surface area contributed by atoms with E-state index in [9.17, 15) is 22.4 Å². The van der Waals surface area contributed by atoms with Crippen molar-refractivity contribution >= 4 is 11.6 Å². The molecule has 3 nitrogen and oxygen atoms in total. The first kappa shape index (κ1) is 13.3. The number of halogens is 4. The molecule has 0 radical (unpaired) electrons. The highest BCUT2D eigenvalue weighted by Gasteiger charge is 2.31. The predicted octanol–water partition coefficient (Wildman–Crippen LogP) is 2.19. The zero-order valence-electron chi connectivity index (χ0n) is 8.64. The van der Waals surface area contributed by atoms with Crippen LogP contribution in [0.15, 0.2) is 18.2 Å². The summed E-state index contributed by atoms with van der Waals surface area (Å²) in [5, 5.41) is 2.48. The third-order valence-electron chi connectivity index (χ3n) is 2.02. The van der Waals surface area contributed by atoms with Crippen molar-refractivity contribution < 1.29 is 22.4 Å². The van der Waals surface area contributed by atoms with Crippen LogP contribution in [0.3, 0.4) is 0 Å². The summed E-state index contributed by atoms with van der Waals surface area (Å²) >= 11 is 0. The molecule has 3 N–H and O–H groups in total. The van der Waals surface area contributed by atoms with E-state index in [1.54, 1.807) is 0 Å². The Bertz CT molecular complexity index is 417. The Balaban J connectivity index is 3.13. The predicted molar refractivity (Wildman–Crippen MR) is 54.4 cm³/mol. The Morgan fingerprint density at radius 1 is 1.35 bits per heavy atom. The molecule has 94 valence electrons. The minimum atomic E-state index is -4.55. The maximum absolute atomic E-state index is 12.4. The van der Waals surface area contributed by atoms with Crippen LogP contribution in [0.1, 0.15) is 15.9 Å². The normalized spacial score (nSPS) is 11.3. The maximum Gasteiger partial charge on any atom is 0.416 e. The van der Waals surface area contributed by atoms with Crippen molar-refractivity contribution in [2.24, 2.45) is 5.73 Å². The van der Waals surface area contributed by atoms with Crippen LogP contribution in [0, 0.1) is 0 Å². The Labute approximate surface area is 94.6 Å². The van der Waals surface area contributed by atoms with Crippen LogP contribution < -0.4 is 11.1 Å². The van der Waals surface area contributed by atoms with E-state index in [2.05, 4.69) is 5.32 Å². The summed E-state index contributed by atoms with van der Waals surface area (Å²) in [5.41, 5.74) is 3.76. The van der Waals surface area contributed by atoms with Crippen molar-refractivity contribution in [2.45, 2.75) is 6.18 Å². The number of hydrogen-bond acceptors (Lipinski definition) is 2. The Kier molecular flexibility index (Phi) is 3.93. The van der Waals surface area contributed by atoms with Gasteiger partial charge in [-0.1, -0.05) is 0 Å². The van der Waals surface area contributed by atoms with Crippen molar-refractivity contribution in [1.29, 1.82) is 0 Å². The van der Waals surface area contributed by atoms with Crippen molar-refractivity contribution in [2.75, 3.05) is 18.5 Å². The van der Waals surface area contributed by atoms with Gasteiger partial charge in [0.05, 0.1) is 11.1 Å². The lowest BCUT2D eigenvalue weighted by molar-refractivity contribution is -0.137. The Morgan fingerprint density at radius 2 is 2.00 bits per heavy atom. The minimum absolute atomic E-state index is 0.0863. The molecule has 0 saturated carbocycles. The molecular weight excluding hydrogens is 240 g/mol. The zero-order chi connectivity index (χ0) is 13.1. The molecule has 0 heterocycles. The first-order valence-corrected chi connectivity index (χ1v) is 4.67. The molecule has 1 amide bonds. The molecule has 0 aliphatic heterocycles. The number of anilines is 1. The monoisotopic (exact) mass is 250 g/mol. The van der Waals surface area contributed by atoms with Crippen LogP contribution in [0.2, 0.25) is 0 Å². The van der Waals surface area contributed by atoms with Gasteiger partial charge in [-0.25, -0.2) is 4.39 Å². The van der Waals surface area contributed by atoms with Gasteiger partial charge in [0.25, 0.3) is 5.91 Å². The quantitative estimate of drug-likeness (QED) is 0.805. The van der Waals surface area contributed by atoms with Crippen LogP contribution in [-0.4, -0.2) is 19.1 Å². The van der Waals surface area contributed by atoms with Crippen LogP contribution in [-0.2, 0) is 6.18 Å².